The van der Waals surface area contributed by atoms with E-state index in [0.29, 0.717) is 10.4 Å². The fourth-order valence-electron chi connectivity index (χ4n) is 1.49. The van der Waals surface area contributed by atoms with Gasteiger partial charge in [0.15, 0.2) is 0 Å². The molecule has 0 amide bonds. The van der Waals surface area contributed by atoms with Crippen molar-refractivity contribution in [1.29, 1.82) is 0 Å². The fourth-order valence-corrected chi connectivity index (χ4v) is 1.63. The van der Waals surface area contributed by atoms with Crippen molar-refractivity contribution >= 4 is 23.3 Å². The summed E-state index contributed by atoms with van der Waals surface area (Å²) in [6.45, 7) is 3.72. The minimum absolute atomic E-state index is 0.101. The van der Waals surface area contributed by atoms with Gasteiger partial charge in [0.05, 0.1) is 0 Å². The predicted octanol–water partition coefficient (Wildman–Crippen LogP) is 1.61. The molecule has 0 spiro atoms. The molecule has 0 unspecified atom stereocenters. The first-order valence-corrected chi connectivity index (χ1v) is 4.98. The van der Waals surface area contributed by atoms with Crippen LogP contribution in [-0.2, 0) is 7.05 Å². The van der Waals surface area contributed by atoms with Gasteiger partial charge in [-0.2, -0.15) is 0 Å². The molecular weight excluding hydrogens is 210 g/mol. The average Bonchev–Trinajstić information content (AvgIpc) is 2.19. The minimum atomic E-state index is -0.101. The van der Waals surface area contributed by atoms with Crippen molar-refractivity contribution in [3.63, 3.8) is 0 Å². The van der Waals surface area contributed by atoms with Crippen molar-refractivity contribution in [1.82, 2.24) is 14.5 Å². The first-order chi connectivity index (χ1) is 7.00. The summed E-state index contributed by atoms with van der Waals surface area (Å²) in [5.74, 6) is 0. The van der Waals surface area contributed by atoms with Gasteiger partial charge < -0.3 is 9.55 Å². The quantitative estimate of drug-likeness (QED) is 0.687. The minimum Gasteiger partial charge on any atom is -0.326 e. The summed E-state index contributed by atoms with van der Waals surface area (Å²) in [6.07, 6.45) is 1.89. The van der Waals surface area contributed by atoms with Gasteiger partial charge in [-0.1, -0.05) is 0 Å². The van der Waals surface area contributed by atoms with Gasteiger partial charge in [0.1, 0.15) is 5.65 Å². The lowest BCUT2D eigenvalue weighted by Crippen LogP contribution is -2.13. The van der Waals surface area contributed by atoms with E-state index in [9.17, 15) is 4.79 Å². The van der Waals surface area contributed by atoms with Gasteiger partial charge in [-0.15, -0.1) is 0 Å². The van der Waals surface area contributed by atoms with E-state index in [1.54, 1.807) is 11.5 Å². The van der Waals surface area contributed by atoms with Crippen molar-refractivity contribution in [2.75, 3.05) is 0 Å². The standard InChI is InChI=1S/C10H11N3OS/c1-5-6(2)9(14)11-8-7(5)4-13(3)10(15)12-8/h4H,1-3H3,(H,11,12,14,15). The van der Waals surface area contributed by atoms with Crippen molar-refractivity contribution in [2.24, 2.45) is 7.05 Å². The molecule has 0 aliphatic carbocycles. The molecule has 2 heterocycles. The third-order valence-electron chi connectivity index (χ3n) is 2.63. The zero-order chi connectivity index (χ0) is 11.2. The van der Waals surface area contributed by atoms with Gasteiger partial charge in [-0.3, -0.25) is 4.79 Å². The maximum Gasteiger partial charge on any atom is 0.252 e. The number of nitrogens with zero attached hydrogens (tertiary/aromatic N) is 2. The molecule has 0 saturated carbocycles. The van der Waals surface area contributed by atoms with Crippen LogP contribution < -0.4 is 5.56 Å². The summed E-state index contributed by atoms with van der Waals surface area (Å²) in [4.78, 5) is 18.4. The number of aryl methyl sites for hydroxylation is 2. The van der Waals surface area contributed by atoms with Gasteiger partial charge >= 0.3 is 0 Å². The molecule has 0 radical (unpaired) electrons. The van der Waals surface area contributed by atoms with Crippen LogP contribution in [0.2, 0.25) is 0 Å². The van der Waals surface area contributed by atoms with E-state index < -0.39 is 0 Å². The SMILES string of the molecule is Cc1c(C)c2cn(C)c(=S)nc2[nH]c1=O. The zero-order valence-corrected chi connectivity index (χ0v) is 9.60. The second kappa shape index (κ2) is 3.27. The number of rotatable bonds is 0. The molecule has 78 valence electrons. The number of fused-ring (bicyclic) bond motifs is 1. The highest BCUT2D eigenvalue weighted by molar-refractivity contribution is 7.71. The Hall–Kier alpha value is -1.49. The molecule has 0 bridgehead atoms. The van der Waals surface area contributed by atoms with Crippen molar-refractivity contribution < 1.29 is 0 Å². The second-order valence-electron chi connectivity index (χ2n) is 3.60. The Morgan fingerprint density at radius 3 is 2.73 bits per heavy atom. The van der Waals surface area contributed by atoms with E-state index in [1.165, 1.54) is 0 Å². The summed E-state index contributed by atoms with van der Waals surface area (Å²) >= 11 is 5.03. The van der Waals surface area contributed by atoms with Crippen LogP contribution in [0.5, 0.6) is 0 Å². The van der Waals surface area contributed by atoms with Gasteiger partial charge in [-0.05, 0) is 31.6 Å². The molecule has 0 aromatic carbocycles. The van der Waals surface area contributed by atoms with E-state index in [4.69, 9.17) is 12.2 Å². The number of hydrogen-bond acceptors (Lipinski definition) is 3. The van der Waals surface area contributed by atoms with Crippen LogP contribution in [0, 0.1) is 18.6 Å². The topological polar surface area (TPSA) is 50.7 Å². The predicted molar refractivity (Wildman–Crippen MR) is 61.6 cm³/mol. The Morgan fingerprint density at radius 1 is 1.40 bits per heavy atom. The molecule has 15 heavy (non-hydrogen) atoms. The Morgan fingerprint density at radius 2 is 2.07 bits per heavy atom. The second-order valence-corrected chi connectivity index (χ2v) is 3.97. The van der Waals surface area contributed by atoms with E-state index in [2.05, 4.69) is 9.97 Å². The van der Waals surface area contributed by atoms with Crippen molar-refractivity contribution in [2.45, 2.75) is 13.8 Å². The van der Waals surface area contributed by atoms with Gasteiger partial charge in [0.25, 0.3) is 5.56 Å². The summed E-state index contributed by atoms with van der Waals surface area (Å²) < 4.78 is 2.23. The van der Waals surface area contributed by atoms with Crippen LogP contribution in [0.3, 0.4) is 0 Å². The summed E-state index contributed by atoms with van der Waals surface area (Å²) in [6, 6.07) is 0. The molecule has 5 heteroatoms. The van der Waals surface area contributed by atoms with E-state index in [0.717, 1.165) is 16.5 Å². The summed E-state index contributed by atoms with van der Waals surface area (Å²) in [7, 11) is 1.84. The number of aromatic amines is 1. The lowest BCUT2D eigenvalue weighted by Gasteiger charge is -2.06. The fraction of sp³-hybridized carbons (Fsp3) is 0.300. The molecule has 0 atom stereocenters. The Labute approximate surface area is 91.6 Å². The third kappa shape index (κ3) is 1.48. The highest BCUT2D eigenvalue weighted by atomic mass is 32.1. The molecule has 0 fully saturated rings. The van der Waals surface area contributed by atoms with Crippen LogP contribution in [-0.4, -0.2) is 14.5 Å². The van der Waals surface area contributed by atoms with Crippen molar-refractivity contribution in [3.8, 4) is 0 Å². The lowest BCUT2D eigenvalue weighted by atomic mass is 10.1. The average molecular weight is 221 g/mol. The molecule has 1 N–H and O–H groups in total. The molecular formula is C10H11N3OS. The van der Waals surface area contributed by atoms with Crippen LogP contribution in [0.1, 0.15) is 11.1 Å². The summed E-state index contributed by atoms with van der Waals surface area (Å²) in [5.41, 5.74) is 2.13. The third-order valence-corrected chi connectivity index (χ3v) is 3.01. The molecule has 0 aliphatic rings. The molecule has 2 aromatic rings. The Balaban J connectivity index is 3.06. The maximum absolute atomic E-state index is 11.5. The van der Waals surface area contributed by atoms with Crippen molar-refractivity contribution in [3.05, 3.63) is 32.4 Å². The maximum atomic E-state index is 11.5. The van der Waals surface area contributed by atoms with Gasteiger partial charge in [0.2, 0.25) is 4.77 Å². The smallest absolute Gasteiger partial charge is 0.252 e. The number of nitrogens with one attached hydrogen (secondary N) is 1. The monoisotopic (exact) mass is 221 g/mol. The van der Waals surface area contributed by atoms with Crippen LogP contribution in [0.4, 0.5) is 0 Å². The first-order valence-electron chi connectivity index (χ1n) is 4.57. The number of pyridine rings is 1. The molecule has 0 saturated heterocycles. The summed E-state index contributed by atoms with van der Waals surface area (Å²) in [5, 5.41) is 0.934. The highest BCUT2D eigenvalue weighted by Gasteiger charge is 2.06. The highest BCUT2D eigenvalue weighted by Crippen LogP contribution is 2.14. The van der Waals surface area contributed by atoms with E-state index in [1.807, 2.05) is 20.2 Å². The zero-order valence-electron chi connectivity index (χ0n) is 8.79. The lowest BCUT2D eigenvalue weighted by molar-refractivity contribution is 0.854. The Bertz CT molecular complexity index is 649. The molecule has 0 aliphatic heterocycles. The first kappa shape index (κ1) is 10.0. The van der Waals surface area contributed by atoms with Crippen LogP contribution in [0.15, 0.2) is 11.0 Å². The van der Waals surface area contributed by atoms with Crippen LogP contribution in [0.25, 0.3) is 11.0 Å². The van der Waals surface area contributed by atoms with Gasteiger partial charge in [-0.25, -0.2) is 4.98 Å². The van der Waals surface area contributed by atoms with E-state index >= 15 is 0 Å². The normalized spacial score (nSPS) is 10.9. The largest absolute Gasteiger partial charge is 0.326 e. The van der Waals surface area contributed by atoms with Crippen LogP contribution >= 0.6 is 12.2 Å². The number of hydrogen-bond donors (Lipinski definition) is 1. The molecule has 2 aromatic heterocycles. The number of H-pyrrole nitrogens is 1. The van der Waals surface area contributed by atoms with E-state index in [-0.39, 0.29) is 5.56 Å². The molecule has 4 nitrogen and oxygen atoms in total. The van der Waals surface area contributed by atoms with Gasteiger partial charge in [0, 0.05) is 24.2 Å². The molecule has 2 rings (SSSR count). The Kier molecular flexibility index (Phi) is 2.19. The number of aromatic nitrogens is 3.